The third-order valence-electron chi connectivity index (χ3n) is 1.89. The van der Waals surface area contributed by atoms with Gasteiger partial charge in [-0.25, -0.2) is 4.98 Å². The van der Waals surface area contributed by atoms with Crippen LogP contribution in [-0.4, -0.2) is 26.7 Å². The van der Waals surface area contributed by atoms with Crippen LogP contribution < -0.4 is 0 Å². The second-order valence-electron chi connectivity index (χ2n) is 2.82. The molecule has 0 aliphatic heterocycles. The Morgan fingerprint density at radius 2 is 2.38 bits per heavy atom. The number of hydrogen-bond donors (Lipinski definition) is 3. The van der Waals surface area contributed by atoms with Gasteiger partial charge in [-0.1, -0.05) is 0 Å². The number of aliphatic hydroxyl groups excluding tert-OH is 1. The summed E-state index contributed by atoms with van der Waals surface area (Å²) in [7, 11) is 0. The number of nitrogens with one attached hydrogen (secondary N) is 2. The van der Waals surface area contributed by atoms with Crippen molar-refractivity contribution in [2.45, 2.75) is 6.42 Å². The molecule has 4 nitrogen and oxygen atoms in total. The Hall–Kier alpha value is -1.55. The van der Waals surface area contributed by atoms with E-state index in [1.807, 2.05) is 18.5 Å². The van der Waals surface area contributed by atoms with Gasteiger partial charge in [-0.05, 0) is 6.07 Å². The Labute approximate surface area is 75.7 Å². The van der Waals surface area contributed by atoms with E-state index in [-0.39, 0.29) is 6.61 Å². The van der Waals surface area contributed by atoms with Crippen molar-refractivity contribution in [1.29, 1.82) is 0 Å². The average Bonchev–Trinajstić information content (AvgIpc) is 2.70. The van der Waals surface area contributed by atoms with Crippen molar-refractivity contribution in [3.8, 4) is 11.3 Å². The molecular weight excluding hydrogens is 166 g/mol. The molecule has 0 fully saturated rings. The highest BCUT2D eigenvalue weighted by Crippen LogP contribution is 2.15. The molecule has 2 heterocycles. The minimum Gasteiger partial charge on any atom is -0.396 e. The van der Waals surface area contributed by atoms with E-state index in [0.29, 0.717) is 6.42 Å². The highest BCUT2D eigenvalue weighted by atomic mass is 16.3. The Balaban J connectivity index is 2.23. The fraction of sp³-hybridized carbons (Fsp3) is 0.222. The van der Waals surface area contributed by atoms with E-state index in [1.54, 1.807) is 6.20 Å². The minimum atomic E-state index is 0.125. The Bertz CT molecular complexity index is 364. The number of aromatic nitrogens is 3. The van der Waals surface area contributed by atoms with Gasteiger partial charge in [0.05, 0.1) is 18.5 Å². The second kappa shape index (κ2) is 3.45. The molecule has 0 saturated heterocycles. The van der Waals surface area contributed by atoms with Crippen molar-refractivity contribution < 1.29 is 5.11 Å². The molecule has 0 amide bonds. The van der Waals surface area contributed by atoms with Crippen LogP contribution in [0.4, 0.5) is 0 Å². The van der Waals surface area contributed by atoms with E-state index >= 15 is 0 Å². The Morgan fingerprint density at radius 3 is 3.08 bits per heavy atom. The monoisotopic (exact) mass is 177 g/mol. The SMILES string of the molecule is OCCc1ncc(-c2cc[nH]c2)[nH]1. The van der Waals surface area contributed by atoms with Gasteiger partial charge in [0.15, 0.2) is 0 Å². The molecule has 2 rings (SSSR count). The lowest BCUT2D eigenvalue weighted by molar-refractivity contribution is 0.297. The molecule has 0 bridgehead atoms. The maximum Gasteiger partial charge on any atom is 0.108 e. The first-order valence-corrected chi connectivity index (χ1v) is 4.18. The van der Waals surface area contributed by atoms with Crippen LogP contribution in [-0.2, 0) is 6.42 Å². The van der Waals surface area contributed by atoms with Crippen molar-refractivity contribution >= 4 is 0 Å². The molecular formula is C9H11N3O. The number of nitrogens with zero attached hydrogens (tertiary/aromatic N) is 1. The van der Waals surface area contributed by atoms with Crippen molar-refractivity contribution in [2.75, 3.05) is 6.61 Å². The minimum absolute atomic E-state index is 0.125. The molecule has 0 spiro atoms. The molecule has 3 N–H and O–H groups in total. The summed E-state index contributed by atoms with van der Waals surface area (Å²) in [5, 5.41) is 8.69. The topological polar surface area (TPSA) is 64.7 Å². The molecule has 68 valence electrons. The van der Waals surface area contributed by atoms with E-state index in [0.717, 1.165) is 17.1 Å². The molecule has 0 aromatic carbocycles. The summed E-state index contributed by atoms with van der Waals surface area (Å²) >= 11 is 0. The van der Waals surface area contributed by atoms with Gasteiger partial charge in [0.2, 0.25) is 0 Å². The zero-order valence-electron chi connectivity index (χ0n) is 7.12. The smallest absolute Gasteiger partial charge is 0.108 e. The summed E-state index contributed by atoms with van der Waals surface area (Å²) in [5.41, 5.74) is 2.06. The van der Waals surface area contributed by atoms with Crippen LogP contribution in [0, 0.1) is 0 Å². The second-order valence-corrected chi connectivity index (χ2v) is 2.82. The molecule has 2 aromatic heterocycles. The third kappa shape index (κ3) is 1.62. The van der Waals surface area contributed by atoms with Crippen LogP contribution in [0.5, 0.6) is 0 Å². The van der Waals surface area contributed by atoms with Gasteiger partial charge < -0.3 is 15.1 Å². The van der Waals surface area contributed by atoms with Gasteiger partial charge in [-0.15, -0.1) is 0 Å². The van der Waals surface area contributed by atoms with E-state index < -0.39 is 0 Å². The van der Waals surface area contributed by atoms with Crippen LogP contribution in [0.25, 0.3) is 11.3 Å². The van der Waals surface area contributed by atoms with Gasteiger partial charge in [-0.2, -0.15) is 0 Å². The number of rotatable bonds is 3. The first-order valence-electron chi connectivity index (χ1n) is 4.18. The highest BCUT2D eigenvalue weighted by Gasteiger charge is 2.01. The summed E-state index contributed by atoms with van der Waals surface area (Å²) in [5.74, 6) is 0.818. The fourth-order valence-electron chi connectivity index (χ4n) is 1.23. The van der Waals surface area contributed by atoms with E-state index in [9.17, 15) is 0 Å². The van der Waals surface area contributed by atoms with Crippen LogP contribution in [0.3, 0.4) is 0 Å². The molecule has 0 aliphatic rings. The van der Waals surface area contributed by atoms with Crippen molar-refractivity contribution in [3.63, 3.8) is 0 Å². The molecule has 2 aromatic rings. The van der Waals surface area contributed by atoms with Gasteiger partial charge >= 0.3 is 0 Å². The van der Waals surface area contributed by atoms with Crippen LogP contribution in [0.15, 0.2) is 24.7 Å². The number of H-pyrrole nitrogens is 2. The third-order valence-corrected chi connectivity index (χ3v) is 1.89. The van der Waals surface area contributed by atoms with Crippen LogP contribution in [0.2, 0.25) is 0 Å². The molecule has 0 saturated carbocycles. The standard InChI is InChI=1S/C9H11N3O/c13-4-2-9-11-6-8(12-9)7-1-3-10-5-7/h1,3,5-6,10,13H,2,4H2,(H,11,12). The molecule has 0 atom stereocenters. The number of aromatic amines is 2. The van der Waals surface area contributed by atoms with E-state index in [2.05, 4.69) is 15.0 Å². The molecule has 0 unspecified atom stereocenters. The number of imidazole rings is 1. The Kier molecular flexibility index (Phi) is 2.14. The van der Waals surface area contributed by atoms with Gasteiger partial charge in [0.1, 0.15) is 5.82 Å². The Morgan fingerprint density at radius 1 is 1.46 bits per heavy atom. The quantitative estimate of drug-likeness (QED) is 0.653. The van der Waals surface area contributed by atoms with Crippen LogP contribution >= 0.6 is 0 Å². The summed E-state index contributed by atoms with van der Waals surface area (Å²) in [6.07, 6.45) is 6.11. The lowest BCUT2D eigenvalue weighted by Crippen LogP contribution is -1.92. The maximum absolute atomic E-state index is 8.69. The largest absolute Gasteiger partial charge is 0.396 e. The predicted molar refractivity (Wildman–Crippen MR) is 49.2 cm³/mol. The lowest BCUT2D eigenvalue weighted by atomic mass is 10.3. The van der Waals surface area contributed by atoms with Crippen molar-refractivity contribution in [3.05, 3.63) is 30.5 Å². The van der Waals surface area contributed by atoms with Gasteiger partial charge in [-0.3, -0.25) is 0 Å². The molecule has 0 aliphatic carbocycles. The van der Waals surface area contributed by atoms with E-state index in [4.69, 9.17) is 5.11 Å². The number of hydrogen-bond acceptors (Lipinski definition) is 2. The molecule has 13 heavy (non-hydrogen) atoms. The maximum atomic E-state index is 8.69. The van der Waals surface area contributed by atoms with Crippen LogP contribution in [0.1, 0.15) is 5.82 Å². The first-order chi connectivity index (χ1) is 6.40. The zero-order valence-corrected chi connectivity index (χ0v) is 7.12. The number of aliphatic hydroxyl groups is 1. The van der Waals surface area contributed by atoms with E-state index in [1.165, 1.54) is 0 Å². The van der Waals surface area contributed by atoms with Crippen molar-refractivity contribution in [2.24, 2.45) is 0 Å². The van der Waals surface area contributed by atoms with Crippen molar-refractivity contribution in [1.82, 2.24) is 15.0 Å². The average molecular weight is 177 g/mol. The summed E-state index contributed by atoms with van der Waals surface area (Å²) in [6.45, 7) is 0.125. The fourth-order valence-corrected chi connectivity index (χ4v) is 1.23. The molecule has 0 radical (unpaired) electrons. The summed E-state index contributed by atoms with van der Waals surface area (Å²) < 4.78 is 0. The van der Waals surface area contributed by atoms with Gasteiger partial charge in [0.25, 0.3) is 0 Å². The summed E-state index contributed by atoms with van der Waals surface area (Å²) in [6, 6.07) is 1.97. The predicted octanol–water partition coefficient (Wildman–Crippen LogP) is 0.940. The summed E-state index contributed by atoms with van der Waals surface area (Å²) in [4.78, 5) is 10.2. The first kappa shape index (κ1) is 8.07. The normalized spacial score (nSPS) is 10.5. The lowest BCUT2D eigenvalue weighted by Gasteiger charge is -1.90. The highest BCUT2D eigenvalue weighted by molar-refractivity contribution is 5.57. The zero-order chi connectivity index (χ0) is 9.10. The van der Waals surface area contributed by atoms with Gasteiger partial charge in [0, 0.05) is 24.4 Å². The molecule has 4 heteroatoms.